The van der Waals surface area contributed by atoms with Crippen LogP contribution in [0.25, 0.3) is 11.3 Å². The van der Waals surface area contributed by atoms with Crippen molar-refractivity contribution in [2.75, 3.05) is 19.6 Å². The van der Waals surface area contributed by atoms with Gasteiger partial charge in [0, 0.05) is 38.3 Å². The lowest BCUT2D eigenvalue weighted by Crippen LogP contribution is -2.32. The zero-order chi connectivity index (χ0) is 23.4. The number of piperidine rings is 1. The molecule has 1 aliphatic heterocycles. The Bertz CT molecular complexity index is 1290. The molecule has 1 aliphatic carbocycles. The highest BCUT2D eigenvalue weighted by Gasteiger charge is 2.60. The molecule has 1 saturated carbocycles. The lowest BCUT2D eigenvalue weighted by molar-refractivity contribution is -0.137. The van der Waals surface area contributed by atoms with Gasteiger partial charge in [-0.15, -0.1) is 0 Å². The molecule has 3 heterocycles. The van der Waals surface area contributed by atoms with Gasteiger partial charge in [0.05, 0.1) is 29.3 Å². The van der Waals surface area contributed by atoms with Crippen LogP contribution < -0.4 is 11.2 Å². The van der Waals surface area contributed by atoms with E-state index in [4.69, 9.17) is 0 Å². The number of rotatable bonds is 6. The minimum atomic E-state index is -4.32. The summed E-state index contributed by atoms with van der Waals surface area (Å²) in [6.45, 7) is 2.94. The maximum absolute atomic E-state index is 12.9. The number of imidazole rings is 1. The van der Waals surface area contributed by atoms with Gasteiger partial charge in [-0.05, 0) is 43.0 Å². The number of nitrogens with zero attached hydrogens (tertiary/aromatic N) is 4. The molecule has 2 atom stereocenters. The third-order valence-corrected chi connectivity index (χ3v) is 6.98. The van der Waals surface area contributed by atoms with Gasteiger partial charge in [-0.3, -0.25) is 14.3 Å². The lowest BCUT2D eigenvalue weighted by Gasteiger charge is -2.21. The van der Waals surface area contributed by atoms with Crippen molar-refractivity contribution in [2.24, 2.45) is 13.0 Å². The molecule has 174 valence electrons. The van der Waals surface area contributed by atoms with E-state index in [1.54, 1.807) is 42.5 Å². The standard InChI is InChI=1S/C23H24F3N5O2/c1-29-14-27-10-19(29)18-12-31(21(33)28-20(18)32)8-2-7-30-11-17-9-22(17,13-30)15-3-5-16(6-4-15)23(24,25)26/h3-6,10,12,14,17H,2,7-9,11,13H2,1H3,(H,28,32,33)/t17?,22-/m1/s1. The largest absolute Gasteiger partial charge is 0.416 e. The number of halogens is 3. The summed E-state index contributed by atoms with van der Waals surface area (Å²) >= 11 is 0. The Hall–Kier alpha value is -3.14. The summed E-state index contributed by atoms with van der Waals surface area (Å²) < 4.78 is 41.8. The van der Waals surface area contributed by atoms with Crippen molar-refractivity contribution in [3.63, 3.8) is 0 Å². The maximum Gasteiger partial charge on any atom is 0.416 e. The molecule has 1 aromatic carbocycles. The number of aromatic amines is 1. The number of aromatic nitrogens is 4. The van der Waals surface area contributed by atoms with Gasteiger partial charge in [0.2, 0.25) is 0 Å². The van der Waals surface area contributed by atoms with E-state index in [-0.39, 0.29) is 5.41 Å². The smallest absolute Gasteiger partial charge is 0.334 e. The van der Waals surface area contributed by atoms with E-state index >= 15 is 0 Å². The molecule has 3 aromatic rings. The second-order valence-corrected chi connectivity index (χ2v) is 9.11. The zero-order valence-electron chi connectivity index (χ0n) is 18.1. The first kappa shape index (κ1) is 21.7. The minimum absolute atomic E-state index is 0.0499. The van der Waals surface area contributed by atoms with E-state index in [0.717, 1.165) is 31.6 Å². The van der Waals surface area contributed by atoms with Crippen LogP contribution in [0.5, 0.6) is 0 Å². The zero-order valence-corrected chi connectivity index (χ0v) is 18.1. The number of hydrogen-bond donors (Lipinski definition) is 1. The maximum atomic E-state index is 12.9. The van der Waals surface area contributed by atoms with E-state index in [2.05, 4.69) is 14.9 Å². The van der Waals surface area contributed by atoms with E-state index < -0.39 is 23.0 Å². The number of benzene rings is 1. The van der Waals surface area contributed by atoms with Crippen LogP contribution in [-0.4, -0.2) is 43.6 Å². The number of alkyl halides is 3. The predicted molar refractivity (Wildman–Crippen MR) is 116 cm³/mol. The van der Waals surface area contributed by atoms with E-state index in [1.165, 1.54) is 16.7 Å². The molecule has 1 unspecified atom stereocenters. The molecule has 0 radical (unpaired) electrons. The highest BCUT2D eigenvalue weighted by molar-refractivity contribution is 5.56. The van der Waals surface area contributed by atoms with Crippen molar-refractivity contribution in [1.82, 2.24) is 24.0 Å². The molecule has 0 spiro atoms. The normalized spacial score (nSPS) is 22.5. The Morgan fingerprint density at radius 2 is 1.94 bits per heavy atom. The Morgan fingerprint density at radius 3 is 2.61 bits per heavy atom. The fraction of sp³-hybridized carbons (Fsp3) is 0.435. The number of aryl methyl sites for hydroxylation is 2. The minimum Gasteiger partial charge on any atom is -0.334 e. The van der Waals surface area contributed by atoms with Crippen LogP contribution in [0.2, 0.25) is 0 Å². The number of hydrogen-bond acceptors (Lipinski definition) is 4. The van der Waals surface area contributed by atoms with Crippen LogP contribution in [0.4, 0.5) is 13.2 Å². The summed E-state index contributed by atoms with van der Waals surface area (Å²) in [7, 11) is 1.78. The van der Waals surface area contributed by atoms with Gasteiger partial charge in [-0.1, -0.05) is 12.1 Å². The van der Waals surface area contributed by atoms with Crippen LogP contribution in [0.3, 0.4) is 0 Å². The molecule has 2 aromatic heterocycles. The van der Waals surface area contributed by atoms with Gasteiger partial charge in [0.25, 0.3) is 5.56 Å². The fourth-order valence-corrected chi connectivity index (χ4v) is 5.13. The number of fused-ring (bicyclic) bond motifs is 1. The van der Waals surface area contributed by atoms with Gasteiger partial charge >= 0.3 is 11.9 Å². The quantitative estimate of drug-likeness (QED) is 0.615. The molecular formula is C23H24F3N5O2. The average molecular weight is 459 g/mol. The number of likely N-dealkylation sites (tertiary alicyclic amines) is 1. The van der Waals surface area contributed by atoms with Crippen molar-refractivity contribution in [3.8, 4) is 11.3 Å². The summed E-state index contributed by atoms with van der Waals surface area (Å²) in [6, 6.07) is 5.58. The van der Waals surface area contributed by atoms with E-state index in [9.17, 15) is 22.8 Å². The van der Waals surface area contributed by atoms with Gasteiger partial charge in [0.1, 0.15) is 0 Å². The van der Waals surface area contributed by atoms with Crippen LogP contribution in [0.15, 0.2) is 52.6 Å². The molecule has 33 heavy (non-hydrogen) atoms. The van der Waals surface area contributed by atoms with Crippen LogP contribution in [0, 0.1) is 5.92 Å². The van der Waals surface area contributed by atoms with E-state index in [1.807, 2.05) is 0 Å². The molecule has 5 rings (SSSR count). The van der Waals surface area contributed by atoms with Crippen LogP contribution >= 0.6 is 0 Å². The molecule has 10 heteroatoms. The van der Waals surface area contributed by atoms with Crippen molar-refractivity contribution < 1.29 is 13.2 Å². The first-order valence-electron chi connectivity index (χ1n) is 10.9. The van der Waals surface area contributed by atoms with Gasteiger partial charge in [-0.25, -0.2) is 9.78 Å². The molecule has 0 bridgehead atoms. The summed E-state index contributed by atoms with van der Waals surface area (Å²) in [5, 5.41) is 0. The van der Waals surface area contributed by atoms with Gasteiger partial charge in [-0.2, -0.15) is 13.2 Å². The lowest BCUT2D eigenvalue weighted by atomic mass is 9.94. The van der Waals surface area contributed by atoms with Gasteiger partial charge in [0.15, 0.2) is 0 Å². The summed E-state index contributed by atoms with van der Waals surface area (Å²) in [5.41, 5.74) is 0.425. The first-order valence-corrected chi connectivity index (χ1v) is 10.9. The summed E-state index contributed by atoms with van der Waals surface area (Å²) in [6.07, 6.45) is 2.14. The topological polar surface area (TPSA) is 75.9 Å². The molecule has 2 fully saturated rings. The SMILES string of the molecule is Cn1cncc1-c1cn(CCCN2CC3C[C@]3(c3ccc(C(F)(F)F)cc3)C2)c(=O)[nH]c1=O. The first-order chi connectivity index (χ1) is 15.7. The molecule has 2 aliphatic rings. The van der Waals surface area contributed by atoms with Crippen molar-refractivity contribution >= 4 is 0 Å². The van der Waals surface area contributed by atoms with Crippen molar-refractivity contribution in [1.29, 1.82) is 0 Å². The average Bonchev–Trinajstić information content (AvgIpc) is 3.09. The monoisotopic (exact) mass is 459 g/mol. The Balaban J connectivity index is 1.22. The third kappa shape index (κ3) is 3.92. The molecule has 7 nitrogen and oxygen atoms in total. The summed E-state index contributed by atoms with van der Waals surface area (Å²) in [5.74, 6) is 0.460. The molecule has 1 N–H and O–H groups in total. The fourth-order valence-electron chi connectivity index (χ4n) is 5.13. The summed E-state index contributed by atoms with van der Waals surface area (Å²) in [4.78, 5) is 33.2. The molecule has 1 saturated heterocycles. The number of nitrogens with one attached hydrogen (secondary N) is 1. The molecule has 0 amide bonds. The predicted octanol–water partition coefficient (Wildman–Crippen LogP) is 2.62. The van der Waals surface area contributed by atoms with Crippen LogP contribution in [-0.2, 0) is 25.2 Å². The van der Waals surface area contributed by atoms with Gasteiger partial charge < -0.3 is 9.47 Å². The highest BCUT2D eigenvalue weighted by atomic mass is 19.4. The Labute approximate surface area is 187 Å². The Kier molecular flexibility index (Phi) is 5.08. The third-order valence-electron chi connectivity index (χ3n) is 6.98. The van der Waals surface area contributed by atoms with Crippen molar-refractivity contribution in [3.05, 3.63) is 75.0 Å². The highest BCUT2D eigenvalue weighted by Crippen LogP contribution is 2.59. The van der Waals surface area contributed by atoms with E-state index in [0.29, 0.717) is 30.1 Å². The molecular weight excluding hydrogens is 435 g/mol. The number of H-pyrrole nitrogens is 1. The Morgan fingerprint density at radius 1 is 1.18 bits per heavy atom. The van der Waals surface area contributed by atoms with Crippen molar-refractivity contribution in [2.45, 2.75) is 31.0 Å². The second kappa shape index (κ2) is 7.72. The van der Waals surface area contributed by atoms with Crippen LogP contribution in [0.1, 0.15) is 24.0 Å². The second-order valence-electron chi connectivity index (χ2n) is 9.11.